The molecule has 1 saturated heterocycles. The summed E-state index contributed by atoms with van der Waals surface area (Å²) >= 11 is 0. The number of nitrogens with zero attached hydrogens (tertiary/aromatic N) is 3. The SMILES string of the molecule is Cc1nccc(-c2cccc(NC(=O)N[C@@H](C)CN3CCCC3=O)c2)n1. The average Bonchev–Trinajstić information content (AvgIpc) is 2.99. The molecule has 136 valence electrons. The Morgan fingerprint density at radius 2 is 2.19 bits per heavy atom. The third kappa shape index (κ3) is 4.56. The number of amides is 3. The van der Waals surface area contributed by atoms with Crippen molar-refractivity contribution in [2.24, 2.45) is 0 Å². The number of hydrogen-bond donors (Lipinski definition) is 2. The monoisotopic (exact) mass is 353 g/mol. The second kappa shape index (κ2) is 7.95. The van der Waals surface area contributed by atoms with Gasteiger partial charge in [-0.15, -0.1) is 0 Å². The van der Waals surface area contributed by atoms with Gasteiger partial charge in [-0.2, -0.15) is 0 Å². The standard InChI is InChI=1S/C19H23N5O2/c1-13(12-24-10-4-7-18(24)25)21-19(26)23-16-6-3-5-15(11-16)17-8-9-20-14(2)22-17/h3,5-6,8-9,11,13H,4,7,10,12H2,1-2H3,(H2,21,23,26)/t13-/m0/s1. The van der Waals surface area contributed by atoms with E-state index in [9.17, 15) is 9.59 Å². The van der Waals surface area contributed by atoms with Gasteiger partial charge in [-0.1, -0.05) is 12.1 Å². The lowest BCUT2D eigenvalue weighted by molar-refractivity contribution is -0.127. The lowest BCUT2D eigenvalue weighted by atomic mass is 10.1. The zero-order valence-electron chi connectivity index (χ0n) is 15.0. The zero-order chi connectivity index (χ0) is 18.5. The lowest BCUT2D eigenvalue weighted by Crippen LogP contribution is -2.44. The number of nitrogens with one attached hydrogen (secondary N) is 2. The Balaban J connectivity index is 1.59. The normalized spacial score (nSPS) is 15.0. The first-order valence-corrected chi connectivity index (χ1v) is 8.76. The minimum absolute atomic E-state index is 0.121. The molecule has 3 amide bonds. The van der Waals surface area contributed by atoms with Crippen molar-refractivity contribution in [2.45, 2.75) is 32.7 Å². The van der Waals surface area contributed by atoms with E-state index in [-0.39, 0.29) is 18.0 Å². The smallest absolute Gasteiger partial charge is 0.319 e. The van der Waals surface area contributed by atoms with Crippen LogP contribution in [-0.4, -0.2) is 45.9 Å². The fourth-order valence-corrected chi connectivity index (χ4v) is 3.04. The molecule has 26 heavy (non-hydrogen) atoms. The first-order valence-electron chi connectivity index (χ1n) is 8.76. The molecule has 1 aromatic carbocycles. The van der Waals surface area contributed by atoms with E-state index in [1.807, 2.05) is 44.2 Å². The van der Waals surface area contributed by atoms with Gasteiger partial charge in [0.15, 0.2) is 0 Å². The molecule has 2 heterocycles. The Morgan fingerprint density at radius 3 is 2.92 bits per heavy atom. The van der Waals surface area contributed by atoms with Crippen LogP contribution < -0.4 is 10.6 Å². The third-order valence-electron chi connectivity index (χ3n) is 4.24. The zero-order valence-corrected chi connectivity index (χ0v) is 15.0. The molecular weight excluding hydrogens is 330 g/mol. The van der Waals surface area contributed by atoms with Crippen molar-refractivity contribution in [3.8, 4) is 11.3 Å². The maximum absolute atomic E-state index is 12.2. The summed E-state index contributed by atoms with van der Waals surface area (Å²) in [6.45, 7) is 5.04. The summed E-state index contributed by atoms with van der Waals surface area (Å²) in [6, 6.07) is 8.93. The fourth-order valence-electron chi connectivity index (χ4n) is 3.04. The molecule has 2 N–H and O–H groups in total. The molecular formula is C19H23N5O2. The molecule has 0 spiro atoms. The van der Waals surface area contributed by atoms with Gasteiger partial charge < -0.3 is 15.5 Å². The van der Waals surface area contributed by atoms with Gasteiger partial charge in [-0.3, -0.25) is 4.79 Å². The van der Waals surface area contributed by atoms with Gasteiger partial charge in [0.2, 0.25) is 5.91 Å². The molecule has 3 rings (SSSR count). The minimum atomic E-state index is -0.292. The summed E-state index contributed by atoms with van der Waals surface area (Å²) in [6.07, 6.45) is 3.22. The Kier molecular flexibility index (Phi) is 5.46. The highest BCUT2D eigenvalue weighted by atomic mass is 16.2. The Labute approximate surface area is 152 Å². The predicted octanol–water partition coefficient (Wildman–Crippen LogP) is 2.58. The van der Waals surface area contributed by atoms with Crippen molar-refractivity contribution in [1.29, 1.82) is 0 Å². The third-order valence-corrected chi connectivity index (χ3v) is 4.24. The van der Waals surface area contributed by atoms with Crippen molar-refractivity contribution in [2.75, 3.05) is 18.4 Å². The molecule has 1 aliphatic heterocycles. The number of aromatic nitrogens is 2. The van der Waals surface area contributed by atoms with Crippen LogP contribution in [0.1, 0.15) is 25.6 Å². The van der Waals surface area contributed by atoms with Crippen molar-refractivity contribution in [3.05, 3.63) is 42.4 Å². The number of carbonyl (C=O) groups excluding carboxylic acids is 2. The van der Waals surface area contributed by atoms with E-state index in [2.05, 4.69) is 20.6 Å². The van der Waals surface area contributed by atoms with Gasteiger partial charge >= 0.3 is 6.03 Å². The number of anilines is 1. The van der Waals surface area contributed by atoms with Gasteiger partial charge in [-0.05, 0) is 38.5 Å². The van der Waals surface area contributed by atoms with Crippen LogP contribution in [0.25, 0.3) is 11.3 Å². The highest BCUT2D eigenvalue weighted by Gasteiger charge is 2.22. The van der Waals surface area contributed by atoms with Crippen LogP contribution in [0.3, 0.4) is 0 Å². The number of hydrogen-bond acceptors (Lipinski definition) is 4. The van der Waals surface area contributed by atoms with Crippen LogP contribution in [0.2, 0.25) is 0 Å². The molecule has 0 bridgehead atoms. The van der Waals surface area contributed by atoms with Gasteiger partial charge in [0.05, 0.1) is 5.69 Å². The van der Waals surface area contributed by atoms with Crippen LogP contribution in [0.15, 0.2) is 36.5 Å². The van der Waals surface area contributed by atoms with E-state index >= 15 is 0 Å². The minimum Gasteiger partial charge on any atom is -0.341 e. The molecule has 0 aliphatic carbocycles. The van der Waals surface area contributed by atoms with Crippen molar-refractivity contribution < 1.29 is 9.59 Å². The first-order chi connectivity index (χ1) is 12.5. The van der Waals surface area contributed by atoms with E-state index in [0.717, 1.165) is 24.2 Å². The van der Waals surface area contributed by atoms with E-state index in [4.69, 9.17) is 0 Å². The molecule has 0 saturated carbocycles. The van der Waals surface area contributed by atoms with Crippen LogP contribution >= 0.6 is 0 Å². The average molecular weight is 353 g/mol. The van der Waals surface area contributed by atoms with Gasteiger partial charge in [0, 0.05) is 43.0 Å². The van der Waals surface area contributed by atoms with Gasteiger partial charge in [-0.25, -0.2) is 14.8 Å². The lowest BCUT2D eigenvalue weighted by Gasteiger charge is -2.21. The van der Waals surface area contributed by atoms with E-state index in [1.54, 1.807) is 11.1 Å². The number of urea groups is 1. The summed E-state index contributed by atoms with van der Waals surface area (Å²) in [4.78, 5) is 34.2. The van der Waals surface area contributed by atoms with Crippen LogP contribution in [-0.2, 0) is 4.79 Å². The Bertz CT molecular complexity index is 808. The van der Waals surface area contributed by atoms with E-state index in [0.29, 0.717) is 24.5 Å². The van der Waals surface area contributed by atoms with Crippen molar-refractivity contribution >= 4 is 17.6 Å². The maximum Gasteiger partial charge on any atom is 0.319 e. The number of benzene rings is 1. The molecule has 2 aromatic rings. The largest absolute Gasteiger partial charge is 0.341 e. The summed E-state index contributed by atoms with van der Waals surface area (Å²) in [5.41, 5.74) is 2.40. The van der Waals surface area contributed by atoms with Gasteiger partial charge in [0.1, 0.15) is 5.82 Å². The summed E-state index contributed by atoms with van der Waals surface area (Å²) < 4.78 is 0. The molecule has 1 atom stereocenters. The van der Waals surface area contributed by atoms with Crippen LogP contribution in [0.4, 0.5) is 10.5 Å². The Morgan fingerprint density at radius 1 is 1.35 bits per heavy atom. The highest BCUT2D eigenvalue weighted by molar-refractivity contribution is 5.90. The molecule has 1 aromatic heterocycles. The molecule has 0 unspecified atom stereocenters. The molecule has 7 nitrogen and oxygen atoms in total. The number of rotatable bonds is 5. The maximum atomic E-state index is 12.2. The second-order valence-electron chi connectivity index (χ2n) is 6.51. The quantitative estimate of drug-likeness (QED) is 0.865. The second-order valence-corrected chi connectivity index (χ2v) is 6.51. The molecule has 0 radical (unpaired) electrons. The molecule has 1 aliphatic rings. The number of likely N-dealkylation sites (tertiary alicyclic amines) is 1. The number of carbonyl (C=O) groups is 2. The van der Waals surface area contributed by atoms with E-state index in [1.165, 1.54) is 0 Å². The molecule has 7 heteroatoms. The van der Waals surface area contributed by atoms with Crippen molar-refractivity contribution in [3.63, 3.8) is 0 Å². The molecule has 1 fully saturated rings. The topological polar surface area (TPSA) is 87.2 Å². The number of aryl methyl sites for hydroxylation is 1. The van der Waals surface area contributed by atoms with Crippen molar-refractivity contribution in [1.82, 2.24) is 20.2 Å². The predicted molar refractivity (Wildman–Crippen MR) is 99.6 cm³/mol. The van der Waals surface area contributed by atoms with Crippen LogP contribution in [0.5, 0.6) is 0 Å². The summed E-state index contributed by atoms with van der Waals surface area (Å²) in [7, 11) is 0. The first kappa shape index (κ1) is 17.8. The van der Waals surface area contributed by atoms with Crippen LogP contribution in [0, 0.1) is 6.92 Å². The highest BCUT2D eigenvalue weighted by Crippen LogP contribution is 2.20. The van der Waals surface area contributed by atoms with Gasteiger partial charge in [0.25, 0.3) is 0 Å². The Hall–Kier alpha value is -2.96. The summed E-state index contributed by atoms with van der Waals surface area (Å²) in [5, 5.41) is 5.71. The summed E-state index contributed by atoms with van der Waals surface area (Å²) in [5.74, 6) is 0.857. The van der Waals surface area contributed by atoms with E-state index < -0.39 is 0 Å². The fraction of sp³-hybridized carbons (Fsp3) is 0.368.